The van der Waals surface area contributed by atoms with E-state index in [4.69, 9.17) is 5.73 Å². The first-order chi connectivity index (χ1) is 9.20. The molecule has 106 valence electrons. The van der Waals surface area contributed by atoms with Crippen molar-refractivity contribution in [1.82, 2.24) is 5.32 Å². The van der Waals surface area contributed by atoms with Gasteiger partial charge in [0.2, 0.25) is 0 Å². The number of benzene rings is 1. The number of rotatable bonds is 4. The van der Waals surface area contributed by atoms with Crippen LogP contribution in [0.25, 0.3) is 0 Å². The largest absolute Gasteiger partial charge is 0.329 e. The van der Waals surface area contributed by atoms with E-state index in [1.807, 2.05) is 0 Å². The first kappa shape index (κ1) is 14.4. The van der Waals surface area contributed by atoms with Crippen molar-refractivity contribution in [3.8, 4) is 0 Å². The molecule has 0 aliphatic heterocycles. The first-order valence-corrected chi connectivity index (χ1v) is 7.12. The summed E-state index contributed by atoms with van der Waals surface area (Å²) in [6.45, 7) is 0.390. The summed E-state index contributed by atoms with van der Waals surface area (Å²) < 4.78 is 26.2. The molecule has 1 aromatic carbocycles. The SMILES string of the molecule is NCC(NC1CCCCCC1)c1ccc(F)c(F)c1. The minimum Gasteiger partial charge on any atom is -0.329 e. The molecule has 1 aromatic rings. The number of halogens is 2. The second-order valence-corrected chi connectivity index (χ2v) is 5.32. The van der Waals surface area contributed by atoms with Gasteiger partial charge in [0, 0.05) is 18.6 Å². The monoisotopic (exact) mass is 268 g/mol. The molecule has 1 unspecified atom stereocenters. The Labute approximate surface area is 113 Å². The van der Waals surface area contributed by atoms with Gasteiger partial charge in [0.05, 0.1) is 0 Å². The summed E-state index contributed by atoms with van der Waals surface area (Å²) >= 11 is 0. The van der Waals surface area contributed by atoms with Gasteiger partial charge < -0.3 is 11.1 Å². The summed E-state index contributed by atoms with van der Waals surface area (Å²) in [6.07, 6.45) is 7.31. The highest BCUT2D eigenvalue weighted by Crippen LogP contribution is 2.21. The molecule has 0 heterocycles. The zero-order valence-electron chi connectivity index (χ0n) is 11.2. The van der Waals surface area contributed by atoms with Crippen LogP contribution in [0.2, 0.25) is 0 Å². The molecule has 2 nitrogen and oxygen atoms in total. The van der Waals surface area contributed by atoms with Gasteiger partial charge in [-0.15, -0.1) is 0 Å². The van der Waals surface area contributed by atoms with E-state index in [0.29, 0.717) is 12.6 Å². The molecule has 1 aliphatic carbocycles. The molecular weight excluding hydrogens is 246 g/mol. The van der Waals surface area contributed by atoms with Crippen LogP contribution in [0.3, 0.4) is 0 Å². The molecule has 1 atom stereocenters. The summed E-state index contributed by atoms with van der Waals surface area (Å²) in [5.74, 6) is -1.62. The van der Waals surface area contributed by atoms with Crippen LogP contribution >= 0.6 is 0 Å². The van der Waals surface area contributed by atoms with Crippen LogP contribution in [0.4, 0.5) is 8.78 Å². The van der Waals surface area contributed by atoms with Crippen LogP contribution in [-0.4, -0.2) is 12.6 Å². The van der Waals surface area contributed by atoms with Crippen LogP contribution in [0.5, 0.6) is 0 Å². The highest BCUT2D eigenvalue weighted by Gasteiger charge is 2.18. The molecule has 0 aromatic heterocycles. The smallest absolute Gasteiger partial charge is 0.159 e. The van der Waals surface area contributed by atoms with Gasteiger partial charge in [0.15, 0.2) is 11.6 Å². The quantitative estimate of drug-likeness (QED) is 0.822. The van der Waals surface area contributed by atoms with E-state index in [1.165, 1.54) is 37.8 Å². The summed E-state index contributed by atoms with van der Waals surface area (Å²) in [5, 5.41) is 3.49. The lowest BCUT2D eigenvalue weighted by atomic mass is 10.0. The van der Waals surface area contributed by atoms with Gasteiger partial charge in [-0.2, -0.15) is 0 Å². The highest BCUT2D eigenvalue weighted by atomic mass is 19.2. The number of nitrogens with two attached hydrogens (primary N) is 1. The lowest BCUT2D eigenvalue weighted by Gasteiger charge is -2.24. The fourth-order valence-electron chi connectivity index (χ4n) is 2.76. The van der Waals surface area contributed by atoms with Crippen molar-refractivity contribution >= 4 is 0 Å². The normalized spacial score (nSPS) is 19.1. The van der Waals surface area contributed by atoms with Gasteiger partial charge in [-0.25, -0.2) is 8.78 Å². The molecular formula is C15H22F2N2. The number of nitrogens with one attached hydrogen (secondary N) is 1. The first-order valence-electron chi connectivity index (χ1n) is 7.12. The van der Waals surface area contributed by atoms with E-state index >= 15 is 0 Å². The average molecular weight is 268 g/mol. The van der Waals surface area contributed by atoms with E-state index in [2.05, 4.69) is 5.32 Å². The van der Waals surface area contributed by atoms with E-state index in [-0.39, 0.29) is 6.04 Å². The second-order valence-electron chi connectivity index (χ2n) is 5.32. The van der Waals surface area contributed by atoms with Crippen LogP contribution in [0.15, 0.2) is 18.2 Å². The fourth-order valence-corrected chi connectivity index (χ4v) is 2.76. The van der Waals surface area contributed by atoms with E-state index in [0.717, 1.165) is 18.4 Å². The summed E-state index contributed by atoms with van der Waals surface area (Å²) in [6, 6.07) is 4.36. The summed E-state index contributed by atoms with van der Waals surface area (Å²) in [4.78, 5) is 0. The van der Waals surface area contributed by atoms with Gasteiger partial charge in [-0.05, 0) is 30.5 Å². The Morgan fingerprint density at radius 3 is 2.37 bits per heavy atom. The van der Waals surface area contributed by atoms with Crippen LogP contribution < -0.4 is 11.1 Å². The maximum absolute atomic E-state index is 13.3. The summed E-state index contributed by atoms with van der Waals surface area (Å²) in [7, 11) is 0. The van der Waals surface area contributed by atoms with E-state index in [9.17, 15) is 8.78 Å². The van der Waals surface area contributed by atoms with Crippen molar-refractivity contribution in [3.63, 3.8) is 0 Å². The lowest BCUT2D eigenvalue weighted by Crippen LogP contribution is -2.36. The van der Waals surface area contributed by atoms with Gasteiger partial charge in [0.25, 0.3) is 0 Å². The molecule has 1 aliphatic rings. The molecule has 1 fully saturated rings. The highest BCUT2D eigenvalue weighted by molar-refractivity contribution is 5.21. The Balaban J connectivity index is 2.03. The fraction of sp³-hybridized carbons (Fsp3) is 0.600. The molecule has 2 rings (SSSR count). The molecule has 1 saturated carbocycles. The molecule has 4 heteroatoms. The van der Waals surface area contributed by atoms with Crippen LogP contribution in [0, 0.1) is 11.6 Å². The van der Waals surface area contributed by atoms with Gasteiger partial charge in [-0.1, -0.05) is 31.7 Å². The number of hydrogen-bond donors (Lipinski definition) is 2. The molecule has 19 heavy (non-hydrogen) atoms. The Morgan fingerprint density at radius 1 is 1.11 bits per heavy atom. The second kappa shape index (κ2) is 6.96. The topological polar surface area (TPSA) is 38.0 Å². The van der Waals surface area contributed by atoms with Crippen molar-refractivity contribution in [3.05, 3.63) is 35.4 Å². The van der Waals surface area contributed by atoms with Gasteiger partial charge in [-0.3, -0.25) is 0 Å². The third kappa shape index (κ3) is 3.98. The van der Waals surface area contributed by atoms with Crippen molar-refractivity contribution in [2.24, 2.45) is 5.73 Å². The van der Waals surface area contributed by atoms with Crippen molar-refractivity contribution in [1.29, 1.82) is 0 Å². The minimum atomic E-state index is -0.811. The molecule has 0 amide bonds. The Morgan fingerprint density at radius 2 is 1.79 bits per heavy atom. The summed E-state index contributed by atoms with van der Waals surface area (Å²) in [5.41, 5.74) is 6.50. The predicted octanol–water partition coefficient (Wildman–Crippen LogP) is 3.28. The van der Waals surface area contributed by atoms with E-state index in [1.54, 1.807) is 6.07 Å². The standard InChI is InChI=1S/C15H22F2N2/c16-13-8-7-11(9-14(13)17)15(10-18)19-12-5-3-1-2-4-6-12/h7-9,12,15,19H,1-6,10,18H2. The third-order valence-corrected chi connectivity index (χ3v) is 3.87. The maximum atomic E-state index is 13.3. The maximum Gasteiger partial charge on any atom is 0.159 e. The minimum absolute atomic E-state index is 0.0989. The molecule has 0 bridgehead atoms. The lowest BCUT2D eigenvalue weighted by molar-refractivity contribution is 0.400. The molecule has 0 radical (unpaired) electrons. The Bertz CT molecular complexity index is 401. The molecule has 3 N–H and O–H groups in total. The average Bonchev–Trinajstić information content (AvgIpc) is 2.68. The number of hydrogen-bond acceptors (Lipinski definition) is 2. The zero-order valence-corrected chi connectivity index (χ0v) is 11.2. The van der Waals surface area contributed by atoms with Crippen molar-refractivity contribution in [2.45, 2.75) is 50.6 Å². The molecule has 0 spiro atoms. The third-order valence-electron chi connectivity index (χ3n) is 3.87. The Hall–Kier alpha value is -1.00. The predicted molar refractivity (Wildman–Crippen MR) is 72.8 cm³/mol. The van der Waals surface area contributed by atoms with Gasteiger partial charge in [0.1, 0.15) is 0 Å². The van der Waals surface area contributed by atoms with E-state index < -0.39 is 11.6 Å². The van der Waals surface area contributed by atoms with Crippen LogP contribution in [-0.2, 0) is 0 Å². The Kier molecular flexibility index (Phi) is 5.28. The van der Waals surface area contributed by atoms with Crippen LogP contribution in [0.1, 0.15) is 50.1 Å². The van der Waals surface area contributed by atoms with Crippen molar-refractivity contribution < 1.29 is 8.78 Å². The van der Waals surface area contributed by atoms with Crippen molar-refractivity contribution in [2.75, 3.05) is 6.54 Å². The zero-order chi connectivity index (χ0) is 13.7. The van der Waals surface area contributed by atoms with Gasteiger partial charge >= 0.3 is 0 Å². The molecule has 0 saturated heterocycles.